The van der Waals surface area contributed by atoms with E-state index in [0.717, 1.165) is 11.1 Å². The van der Waals surface area contributed by atoms with Crippen molar-refractivity contribution in [2.24, 2.45) is 0 Å². The van der Waals surface area contributed by atoms with Crippen molar-refractivity contribution in [1.82, 2.24) is 9.03 Å². The number of aryl methyl sites for hydroxylation is 1. The number of aliphatic hydroxyl groups excluding tert-OH is 1. The number of nitrogens with one attached hydrogen (secondary N) is 1. The molecule has 0 aliphatic heterocycles. The third kappa shape index (κ3) is 4.91. The molecule has 6 heteroatoms. The van der Waals surface area contributed by atoms with Crippen molar-refractivity contribution in [3.05, 3.63) is 35.4 Å². The first-order valence-electron chi connectivity index (χ1n) is 6.28. The van der Waals surface area contributed by atoms with Gasteiger partial charge in [-0.3, -0.25) is 0 Å². The smallest absolute Gasteiger partial charge is 0.279 e. The highest BCUT2D eigenvalue weighted by Gasteiger charge is 2.20. The lowest BCUT2D eigenvalue weighted by molar-refractivity contribution is 0.275. The van der Waals surface area contributed by atoms with E-state index < -0.39 is 10.2 Å². The van der Waals surface area contributed by atoms with Crippen molar-refractivity contribution in [1.29, 1.82) is 0 Å². The Labute approximate surface area is 115 Å². The van der Waals surface area contributed by atoms with Gasteiger partial charge in [-0.05, 0) is 25.8 Å². The summed E-state index contributed by atoms with van der Waals surface area (Å²) < 4.78 is 27.9. The summed E-state index contributed by atoms with van der Waals surface area (Å²) in [5, 5.41) is 8.72. The molecule has 0 saturated heterocycles. The topological polar surface area (TPSA) is 69.6 Å². The molecule has 0 radical (unpaired) electrons. The molecular weight excluding hydrogens is 264 g/mol. The van der Waals surface area contributed by atoms with Crippen molar-refractivity contribution in [2.75, 3.05) is 20.2 Å². The van der Waals surface area contributed by atoms with E-state index in [9.17, 15) is 8.42 Å². The number of rotatable bonds is 7. The Morgan fingerprint density at radius 1 is 1.32 bits per heavy atom. The lowest BCUT2D eigenvalue weighted by Crippen LogP contribution is -2.40. The first-order chi connectivity index (χ1) is 8.86. The molecule has 0 aliphatic carbocycles. The van der Waals surface area contributed by atoms with E-state index >= 15 is 0 Å². The van der Waals surface area contributed by atoms with Crippen LogP contribution in [-0.4, -0.2) is 38.0 Å². The Morgan fingerprint density at radius 3 is 2.42 bits per heavy atom. The van der Waals surface area contributed by atoms with Gasteiger partial charge in [0.15, 0.2) is 0 Å². The number of hydrogen-bond acceptors (Lipinski definition) is 3. The van der Waals surface area contributed by atoms with Gasteiger partial charge in [0.05, 0.1) is 0 Å². The maximum Gasteiger partial charge on any atom is 0.279 e. The molecule has 2 N–H and O–H groups in total. The van der Waals surface area contributed by atoms with Gasteiger partial charge in [0, 0.05) is 26.2 Å². The van der Waals surface area contributed by atoms with Crippen LogP contribution in [0.3, 0.4) is 0 Å². The van der Waals surface area contributed by atoms with Crippen LogP contribution in [0.2, 0.25) is 0 Å². The van der Waals surface area contributed by atoms with Gasteiger partial charge in [-0.15, -0.1) is 0 Å². The van der Waals surface area contributed by atoms with E-state index in [0.29, 0.717) is 13.0 Å². The lowest BCUT2D eigenvalue weighted by Gasteiger charge is -2.21. The van der Waals surface area contributed by atoms with Crippen LogP contribution in [0.4, 0.5) is 0 Å². The molecule has 1 atom stereocenters. The summed E-state index contributed by atoms with van der Waals surface area (Å²) in [6.07, 6.45) is 0.427. The minimum atomic E-state index is -3.52. The summed E-state index contributed by atoms with van der Waals surface area (Å²) >= 11 is 0. The van der Waals surface area contributed by atoms with E-state index in [4.69, 9.17) is 5.11 Å². The Kier molecular flexibility index (Phi) is 5.93. The Balaban J connectivity index is 2.69. The molecule has 19 heavy (non-hydrogen) atoms. The van der Waals surface area contributed by atoms with Gasteiger partial charge >= 0.3 is 0 Å². The fourth-order valence-electron chi connectivity index (χ4n) is 1.65. The largest absolute Gasteiger partial charge is 0.396 e. The van der Waals surface area contributed by atoms with Crippen molar-refractivity contribution in [3.8, 4) is 0 Å². The molecule has 1 aromatic carbocycles. The lowest BCUT2D eigenvalue weighted by atomic mass is 10.1. The molecule has 0 saturated carbocycles. The van der Waals surface area contributed by atoms with Gasteiger partial charge in [0.2, 0.25) is 0 Å². The van der Waals surface area contributed by atoms with Crippen LogP contribution in [0.5, 0.6) is 0 Å². The second kappa shape index (κ2) is 7.00. The highest BCUT2D eigenvalue weighted by atomic mass is 32.2. The SMILES string of the molecule is Cc1ccc(C(C)NS(=O)(=O)N(C)CCCO)cc1. The third-order valence-corrected chi connectivity index (χ3v) is 4.60. The maximum absolute atomic E-state index is 12.0. The van der Waals surface area contributed by atoms with Gasteiger partial charge in [-0.2, -0.15) is 17.4 Å². The van der Waals surface area contributed by atoms with Crippen LogP contribution >= 0.6 is 0 Å². The van der Waals surface area contributed by atoms with Crippen molar-refractivity contribution in [2.45, 2.75) is 26.3 Å². The highest BCUT2D eigenvalue weighted by molar-refractivity contribution is 7.87. The Bertz CT molecular complexity index is 485. The average Bonchev–Trinajstić information content (AvgIpc) is 2.36. The second-order valence-electron chi connectivity index (χ2n) is 4.65. The van der Waals surface area contributed by atoms with E-state index in [1.165, 1.54) is 11.4 Å². The highest BCUT2D eigenvalue weighted by Crippen LogP contribution is 2.14. The molecular formula is C13H22N2O3S. The van der Waals surface area contributed by atoms with Crippen LogP contribution < -0.4 is 4.72 Å². The number of aliphatic hydroxyl groups is 1. The molecule has 0 spiro atoms. The molecule has 108 valence electrons. The first-order valence-corrected chi connectivity index (χ1v) is 7.72. The van der Waals surface area contributed by atoms with Gasteiger partial charge in [0.25, 0.3) is 10.2 Å². The second-order valence-corrected chi connectivity index (χ2v) is 6.46. The molecule has 0 bridgehead atoms. The number of nitrogens with zero attached hydrogens (tertiary/aromatic N) is 1. The third-order valence-electron chi connectivity index (χ3n) is 2.94. The Morgan fingerprint density at radius 2 is 1.89 bits per heavy atom. The van der Waals surface area contributed by atoms with Gasteiger partial charge < -0.3 is 5.11 Å². The fraction of sp³-hybridized carbons (Fsp3) is 0.538. The summed E-state index contributed by atoms with van der Waals surface area (Å²) in [7, 11) is -2.02. The molecule has 0 amide bonds. The molecule has 1 unspecified atom stereocenters. The zero-order valence-electron chi connectivity index (χ0n) is 11.6. The molecule has 5 nitrogen and oxygen atoms in total. The summed E-state index contributed by atoms with van der Waals surface area (Å²) in [6.45, 7) is 4.07. The van der Waals surface area contributed by atoms with Crippen molar-refractivity contribution < 1.29 is 13.5 Å². The fourth-order valence-corrected chi connectivity index (χ4v) is 2.78. The van der Waals surface area contributed by atoms with Gasteiger partial charge in [-0.1, -0.05) is 29.8 Å². The monoisotopic (exact) mass is 286 g/mol. The summed E-state index contributed by atoms with van der Waals surface area (Å²) in [5.41, 5.74) is 2.06. The van der Waals surface area contributed by atoms with Gasteiger partial charge in [0.1, 0.15) is 0 Å². The molecule has 0 fully saturated rings. The van der Waals surface area contributed by atoms with Crippen molar-refractivity contribution in [3.63, 3.8) is 0 Å². The normalized spacial score (nSPS) is 13.7. The Hall–Kier alpha value is -0.950. The van der Waals surface area contributed by atoms with Gasteiger partial charge in [-0.25, -0.2) is 0 Å². The molecule has 0 heterocycles. The van der Waals surface area contributed by atoms with Crippen LogP contribution in [0.25, 0.3) is 0 Å². The van der Waals surface area contributed by atoms with Crippen LogP contribution in [0.1, 0.15) is 30.5 Å². The minimum absolute atomic E-state index is 0.0205. The number of benzene rings is 1. The molecule has 0 aromatic heterocycles. The average molecular weight is 286 g/mol. The van der Waals surface area contributed by atoms with E-state index in [-0.39, 0.29) is 12.6 Å². The predicted octanol–water partition coefficient (Wildman–Crippen LogP) is 1.20. The quantitative estimate of drug-likeness (QED) is 0.791. The summed E-state index contributed by atoms with van der Waals surface area (Å²) in [6, 6.07) is 7.44. The van der Waals surface area contributed by atoms with Crippen molar-refractivity contribution >= 4 is 10.2 Å². The first kappa shape index (κ1) is 16.1. The predicted molar refractivity (Wildman–Crippen MR) is 76.0 cm³/mol. The summed E-state index contributed by atoms with van der Waals surface area (Å²) in [4.78, 5) is 0. The van der Waals surface area contributed by atoms with E-state index in [1.54, 1.807) is 0 Å². The minimum Gasteiger partial charge on any atom is -0.396 e. The molecule has 1 aromatic rings. The summed E-state index contributed by atoms with van der Waals surface area (Å²) in [5.74, 6) is 0. The van der Waals surface area contributed by atoms with Crippen LogP contribution in [0.15, 0.2) is 24.3 Å². The van der Waals surface area contributed by atoms with Crippen LogP contribution in [-0.2, 0) is 10.2 Å². The number of hydrogen-bond donors (Lipinski definition) is 2. The van der Waals surface area contributed by atoms with E-state index in [1.807, 2.05) is 38.1 Å². The van der Waals surface area contributed by atoms with Crippen LogP contribution in [0, 0.1) is 6.92 Å². The zero-order valence-corrected chi connectivity index (χ0v) is 12.4. The molecule has 0 aliphatic rings. The zero-order chi connectivity index (χ0) is 14.5. The van der Waals surface area contributed by atoms with E-state index in [2.05, 4.69) is 4.72 Å². The standard InChI is InChI=1S/C13H22N2O3S/c1-11-5-7-13(8-6-11)12(2)14-19(17,18)15(3)9-4-10-16/h5-8,12,14,16H,4,9-10H2,1-3H3. The molecule has 1 rings (SSSR count). The maximum atomic E-state index is 12.0.